The molecular weight excluding hydrogens is 643 g/mol. The number of primary sulfonamides is 1. The van der Waals surface area contributed by atoms with Crippen molar-refractivity contribution in [2.24, 2.45) is 10.1 Å². The molecule has 212 valence electrons. The SMILES string of the molecule is Br.NS(=O)(=O)c1ccc(Cn2c(-c3ccc(S(=O)(=O)N4CCOCC4)cc3)csc2=Nc2ccc(F)cc2)cc1. The number of benzene rings is 3. The number of hydrogen-bond acceptors (Lipinski definition) is 7. The fourth-order valence-corrected chi connectivity index (χ4v) is 6.98. The summed E-state index contributed by atoms with van der Waals surface area (Å²) in [6, 6.07) is 18.7. The van der Waals surface area contributed by atoms with Gasteiger partial charge in [0, 0.05) is 18.5 Å². The first kappa shape index (κ1) is 30.2. The van der Waals surface area contributed by atoms with Crippen LogP contribution in [0.25, 0.3) is 11.3 Å². The van der Waals surface area contributed by atoms with Crippen LogP contribution in [0.3, 0.4) is 0 Å². The minimum absolute atomic E-state index is 0. The van der Waals surface area contributed by atoms with Crippen LogP contribution in [0, 0.1) is 5.82 Å². The van der Waals surface area contributed by atoms with Gasteiger partial charge in [-0.25, -0.2) is 31.4 Å². The average molecular weight is 670 g/mol. The van der Waals surface area contributed by atoms with Crippen LogP contribution in [0.4, 0.5) is 10.1 Å². The molecule has 0 unspecified atom stereocenters. The lowest BCUT2D eigenvalue weighted by Crippen LogP contribution is -2.40. The maximum absolute atomic E-state index is 13.4. The Morgan fingerprint density at radius 1 is 0.875 bits per heavy atom. The molecule has 14 heteroatoms. The molecule has 1 aromatic heterocycles. The standard InChI is InChI=1S/C26H25FN4O5S3.BrH/c27-21-5-7-22(8-6-21)29-26-31(17-19-1-9-23(10-2-19)38(28,32)33)25(18-37-26)20-3-11-24(12-4-20)39(34,35)30-13-15-36-16-14-30;/h1-12,18H,13-17H2,(H2,28,32,33);1H. The van der Waals surface area contributed by atoms with Gasteiger partial charge in [-0.1, -0.05) is 24.3 Å². The largest absolute Gasteiger partial charge is 0.379 e. The van der Waals surface area contributed by atoms with Gasteiger partial charge in [0.25, 0.3) is 0 Å². The molecule has 1 aliphatic rings. The maximum Gasteiger partial charge on any atom is 0.243 e. The molecule has 1 aliphatic heterocycles. The van der Waals surface area contributed by atoms with E-state index >= 15 is 0 Å². The van der Waals surface area contributed by atoms with Gasteiger partial charge in [0.1, 0.15) is 5.82 Å². The molecule has 0 atom stereocenters. The van der Waals surface area contributed by atoms with Crippen molar-refractivity contribution in [3.8, 4) is 11.3 Å². The van der Waals surface area contributed by atoms with Crippen LogP contribution in [0.15, 0.2) is 93.0 Å². The molecule has 9 nitrogen and oxygen atoms in total. The quantitative estimate of drug-likeness (QED) is 0.320. The molecular formula is C26H26BrFN4O5S3. The highest BCUT2D eigenvalue weighted by Crippen LogP contribution is 2.25. The summed E-state index contributed by atoms with van der Waals surface area (Å²) in [5.74, 6) is -0.365. The lowest BCUT2D eigenvalue weighted by molar-refractivity contribution is 0.0730. The second-order valence-corrected chi connectivity index (χ2v) is 13.1. The van der Waals surface area contributed by atoms with Crippen molar-refractivity contribution in [2.75, 3.05) is 26.3 Å². The number of thiazole rings is 1. The summed E-state index contributed by atoms with van der Waals surface area (Å²) in [5.41, 5.74) is 2.92. The third-order valence-corrected chi connectivity index (χ3v) is 9.91. The summed E-state index contributed by atoms with van der Waals surface area (Å²) in [7, 11) is -7.46. The number of rotatable bonds is 7. The van der Waals surface area contributed by atoms with Crippen LogP contribution < -0.4 is 9.94 Å². The smallest absolute Gasteiger partial charge is 0.243 e. The number of hydrogen-bond donors (Lipinski definition) is 1. The molecule has 3 aromatic carbocycles. The molecule has 5 rings (SSSR count). The maximum atomic E-state index is 13.4. The van der Waals surface area contributed by atoms with Crippen LogP contribution >= 0.6 is 28.3 Å². The highest BCUT2D eigenvalue weighted by atomic mass is 79.9. The summed E-state index contributed by atoms with van der Waals surface area (Å²) in [5, 5.41) is 7.14. The molecule has 0 bridgehead atoms. The van der Waals surface area contributed by atoms with Crippen molar-refractivity contribution in [3.63, 3.8) is 0 Å². The zero-order valence-electron chi connectivity index (χ0n) is 21.0. The van der Waals surface area contributed by atoms with Crippen molar-refractivity contribution in [1.29, 1.82) is 0 Å². The van der Waals surface area contributed by atoms with Crippen molar-refractivity contribution in [1.82, 2.24) is 8.87 Å². The molecule has 1 saturated heterocycles. The Hall–Kier alpha value is -2.72. The second kappa shape index (κ2) is 12.4. The van der Waals surface area contributed by atoms with Gasteiger partial charge in [0.2, 0.25) is 20.0 Å². The van der Waals surface area contributed by atoms with Crippen LogP contribution in [0.2, 0.25) is 0 Å². The van der Waals surface area contributed by atoms with Gasteiger partial charge < -0.3 is 9.30 Å². The third kappa shape index (κ3) is 6.77. The lowest BCUT2D eigenvalue weighted by Gasteiger charge is -2.26. The number of sulfonamides is 2. The first-order chi connectivity index (χ1) is 18.6. The Morgan fingerprint density at radius 3 is 2.08 bits per heavy atom. The monoisotopic (exact) mass is 668 g/mol. The van der Waals surface area contributed by atoms with Crippen LogP contribution in [0.5, 0.6) is 0 Å². The molecule has 0 amide bonds. The van der Waals surface area contributed by atoms with E-state index in [9.17, 15) is 21.2 Å². The minimum Gasteiger partial charge on any atom is -0.379 e. The van der Waals surface area contributed by atoms with Crippen LogP contribution in [-0.2, 0) is 31.3 Å². The predicted octanol–water partition coefficient (Wildman–Crippen LogP) is 3.88. The molecule has 0 radical (unpaired) electrons. The number of halogens is 2. The number of nitrogens with two attached hydrogens (primary N) is 1. The molecule has 0 saturated carbocycles. The number of nitrogens with zero attached hydrogens (tertiary/aromatic N) is 3. The molecule has 1 fully saturated rings. The fourth-order valence-electron chi connectivity index (χ4n) is 4.13. The summed E-state index contributed by atoms with van der Waals surface area (Å²) in [6.45, 7) is 1.70. The zero-order chi connectivity index (χ0) is 27.6. The van der Waals surface area contributed by atoms with Crippen molar-refractivity contribution in [2.45, 2.75) is 16.3 Å². The van der Waals surface area contributed by atoms with Gasteiger partial charge in [-0.05, 0) is 59.7 Å². The molecule has 2 heterocycles. The van der Waals surface area contributed by atoms with E-state index in [0.29, 0.717) is 43.3 Å². The first-order valence-electron chi connectivity index (χ1n) is 11.9. The van der Waals surface area contributed by atoms with E-state index in [2.05, 4.69) is 4.99 Å². The highest BCUT2D eigenvalue weighted by Gasteiger charge is 2.26. The summed E-state index contributed by atoms with van der Waals surface area (Å²) < 4.78 is 71.5. The van der Waals surface area contributed by atoms with E-state index in [-0.39, 0.29) is 32.6 Å². The normalized spacial score (nSPS) is 15.1. The van der Waals surface area contributed by atoms with Gasteiger partial charge in [-0.3, -0.25) is 0 Å². The lowest BCUT2D eigenvalue weighted by atomic mass is 10.1. The van der Waals surface area contributed by atoms with Crippen LogP contribution in [0.1, 0.15) is 5.56 Å². The van der Waals surface area contributed by atoms with E-state index in [1.807, 2.05) is 9.95 Å². The topological polar surface area (TPSA) is 124 Å². The molecule has 40 heavy (non-hydrogen) atoms. The molecule has 2 N–H and O–H groups in total. The van der Waals surface area contributed by atoms with E-state index in [1.165, 1.54) is 39.9 Å². The fraction of sp³-hybridized carbons (Fsp3) is 0.192. The second-order valence-electron chi connectivity index (χ2n) is 8.81. The van der Waals surface area contributed by atoms with Gasteiger partial charge in [0.15, 0.2) is 4.80 Å². The highest BCUT2D eigenvalue weighted by molar-refractivity contribution is 8.93. The van der Waals surface area contributed by atoms with Gasteiger partial charge in [0.05, 0.1) is 40.9 Å². The summed E-state index contributed by atoms with van der Waals surface area (Å²) in [6.07, 6.45) is 0. The first-order valence-corrected chi connectivity index (χ1v) is 15.8. The van der Waals surface area contributed by atoms with Crippen molar-refractivity contribution >= 4 is 54.1 Å². The Kier molecular flexibility index (Phi) is 9.40. The zero-order valence-corrected chi connectivity index (χ0v) is 25.2. The molecule has 0 spiro atoms. The van der Waals surface area contributed by atoms with Gasteiger partial charge in [-0.15, -0.1) is 28.3 Å². The van der Waals surface area contributed by atoms with Crippen molar-refractivity contribution < 1.29 is 26.0 Å². The number of aromatic nitrogens is 1. The Morgan fingerprint density at radius 2 is 1.48 bits per heavy atom. The summed E-state index contributed by atoms with van der Waals surface area (Å²) in [4.78, 5) is 5.51. The predicted molar refractivity (Wildman–Crippen MR) is 156 cm³/mol. The Labute approximate surface area is 246 Å². The Balaban J connectivity index is 0.00000370. The average Bonchev–Trinajstić information content (AvgIpc) is 3.32. The van der Waals surface area contributed by atoms with E-state index in [1.54, 1.807) is 48.5 Å². The number of ether oxygens (including phenoxy) is 1. The Bertz CT molecular complexity index is 1750. The molecule has 4 aromatic rings. The minimum atomic E-state index is -3.82. The van der Waals surface area contributed by atoms with E-state index < -0.39 is 20.0 Å². The van der Waals surface area contributed by atoms with Crippen LogP contribution in [-0.4, -0.2) is 52.0 Å². The van der Waals surface area contributed by atoms with Crippen molar-refractivity contribution in [3.05, 3.63) is 94.4 Å². The van der Waals surface area contributed by atoms with E-state index in [0.717, 1.165) is 16.8 Å². The van der Waals surface area contributed by atoms with Gasteiger partial charge >= 0.3 is 0 Å². The number of morpholine rings is 1. The van der Waals surface area contributed by atoms with E-state index in [4.69, 9.17) is 9.88 Å². The third-order valence-electron chi connectivity index (χ3n) is 6.20. The van der Waals surface area contributed by atoms with Gasteiger partial charge in [-0.2, -0.15) is 4.31 Å². The summed E-state index contributed by atoms with van der Waals surface area (Å²) >= 11 is 1.38. The molecule has 0 aliphatic carbocycles.